The number of aromatic nitrogens is 4. The zero-order valence-corrected chi connectivity index (χ0v) is 75.8. The van der Waals surface area contributed by atoms with Crippen molar-refractivity contribution >= 4 is 134 Å². The van der Waals surface area contributed by atoms with E-state index in [2.05, 4.69) is 78.4 Å². The molecule has 10 rings (SSSR count). The van der Waals surface area contributed by atoms with Gasteiger partial charge in [-0.05, 0) is 85.9 Å². The van der Waals surface area contributed by atoms with Crippen molar-refractivity contribution in [2.75, 3.05) is 71.5 Å². The molecule has 6 aromatic rings. The van der Waals surface area contributed by atoms with Gasteiger partial charge in [-0.25, -0.2) is 4.98 Å². The topological polar surface area (TPSA) is 612 Å². The molecule has 15 atom stereocenters. The predicted molar refractivity (Wildman–Crippen MR) is 482 cm³/mol. The highest BCUT2D eigenvalue weighted by atomic mass is 32.2. The van der Waals surface area contributed by atoms with Gasteiger partial charge >= 0.3 is 0 Å². The molecule has 3 aromatic carbocycles. The number of nitrogens with two attached hydrogens (primary N) is 2. The Labute approximate surface area is 766 Å². The number of fused-ring (bicyclic) bond motifs is 5. The van der Waals surface area contributed by atoms with E-state index in [4.69, 9.17) is 11.5 Å². The number of H-pyrrole nitrogens is 3. The normalized spacial score (nSPS) is 25.6. The lowest BCUT2D eigenvalue weighted by molar-refractivity contribution is -0.149. The Morgan fingerprint density at radius 2 is 1.11 bits per heavy atom. The van der Waals surface area contributed by atoms with Crippen LogP contribution in [0.15, 0.2) is 97.7 Å². The van der Waals surface area contributed by atoms with Crippen LogP contribution in [-0.2, 0) is 107 Å². The first-order chi connectivity index (χ1) is 63.1. The highest BCUT2D eigenvalue weighted by Gasteiger charge is 2.47. The van der Waals surface area contributed by atoms with E-state index in [0.29, 0.717) is 64.2 Å². The second kappa shape index (κ2) is 47.7. The maximum Gasteiger partial charge on any atom is 0.246 e. The first kappa shape index (κ1) is 101. The molecule has 0 radical (unpaired) electrons. The quantitative estimate of drug-likeness (QED) is 0.0318. The number of nitrogens with zero attached hydrogens (tertiary/aromatic N) is 6. The first-order valence-corrected chi connectivity index (χ1v) is 45.7. The monoisotopic (exact) mass is 1850 g/mol. The number of nitrogens with one attached hydrogen (secondary N) is 14. The van der Waals surface area contributed by atoms with Crippen molar-refractivity contribution in [1.29, 1.82) is 0 Å². The third-order valence-electron chi connectivity index (χ3n) is 24.0. The van der Waals surface area contributed by atoms with Crippen LogP contribution >= 0.6 is 11.8 Å². The second-order valence-corrected chi connectivity index (χ2v) is 35.3. The molecule has 42 nitrogen and oxygen atoms in total. The van der Waals surface area contributed by atoms with E-state index in [1.807, 2.05) is 13.8 Å². The van der Waals surface area contributed by atoms with Gasteiger partial charge in [0.05, 0.1) is 43.5 Å². The fourth-order valence-corrected chi connectivity index (χ4v) is 17.7. The van der Waals surface area contributed by atoms with Gasteiger partial charge in [0.2, 0.25) is 100 Å². The van der Waals surface area contributed by atoms with E-state index in [1.54, 1.807) is 74.8 Å². The number of aromatic amines is 3. The number of aliphatic hydroxyl groups excluding tert-OH is 2. The number of hydrogen-bond donors (Lipinski definition) is 19. The van der Waals surface area contributed by atoms with Crippen LogP contribution in [0.3, 0.4) is 0 Å². The molecule has 0 saturated carbocycles. The molecule has 0 bridgehead atoms. The van der Waals surface area contributed by atoms with Crippen LogP contribution in [0, 0.1) is 5.92 Å². The molecule has 714 valence electrons. The third kappa shape index (κ3) is 26.9. The third-order valence-corrected chi connectivity index (χ3v) is 25.0. The lowest BCUT2D eigenvalue weighted by Gasteiger charge is -2.38. The smallest absolute Gasteiger partial charge is 0.246 e. The molecule has 4 aliphatic heterocycles. The van der Waals surface area contributed by atoms with Crippen molar-refractivity contribution in [3.8, 4) is 5.75 Å². The Morgan fingerprint density at radius 1 is 0.561 bits per heavy atom. The fraction of sp³-hybridized carbons (Fsp3) is 0.528. The molecule has 4 saturated heterocycles. The number of aliphatic hydroxyl groups is 2. The molecular formula is C89H122N22O20S. The van der Waals surface area contributed by atoms with Crippen LogP contribution in [0.4, 0.5) is 0 Å². The molecule has 0 spiro atoms. The van der Waals surface area contributed by atoms with E-state index < -0.39 is 229 Å². The molecule has 0 unspecified atom stereocenters. The Kier molecular flexibility index (Phi) is 36.5. The molecule has 132 heavy (non-hydrogen) atoms. The summed E-state index contributed by atoms with van der Waals surface area (Å²) in [5.74, 6) is -17.0. The fourth-order valence-electron chi connectivity index (χ4n) is 16.9. The molecule has 43 heteroatoms. The number of hydrogen-bond acceptors (Lipinski definition) is 23. The molecule has 3 aromatic heterocycles. The van der Waals surface area contributed by atoms with Gasteiger partial charge in [0.15, 0.2) is 0 Å². The zero-order chi connectivity index (χ0) is 95.7. The van der Waals surface area contributed by atoms with E-state index in [0.717, 1.165) is 36.3 Å². The van der Waals surface area contributed by atoms with E-state index >= 15 is 43.2 Å². The van der Waals surface area contributed by atoms with Crippen molar-refractivity contribution in [3.63, 3.8) is 0 Å². The number of imidazole rings is 1. The average Bonchev–Trinajstić information content (AvgIpc) is 1.50. The van der Waals surface area contributed by atoms with Crippen LogP contribution in [0.2, 0.25) is 0 Å². The first-order valence-electron chi connectivity index (χ1n) is 44.5. The maximum atomic E-state index is 15.6. The molecule has 0 aliphatic carbocycles. The second-order valence-electron chi connectivity index (χ2n) is 34.3. The number of amides is 17. The van der Waals surface area contributed by atoms with E-state index in [9.17, 15) is 53.7 Å². The summed E-state index contributed by atoms with van der Waals surface area (Å²) >= 11 is 0.794. The van der Waals surface area contributed by atoms with E-state index in [-0.39, 0.29) is 108 Å². The van der Waals surface area contributed by atoms with Crippen molar-refractivity contribution < 1.29 is 96.8 Å². The van der Waals surface area contributed by atoms with Gasteiger partial charge in [-0.3, -0.25) is 81.5 Å². The maximum absolute atomic E-state index is 15.6. The minimum Gasteiger partial charge on any atom is -0.508 e. The van der Waals surface area contributed by atoms with Gasteiger partial charge in [-0.1, -0.05) is 102 Å². The van der Waals surface area contributed by atoms with Crippen molar-refractivity contribution in [2.24, 2.45) is 17.4 Å². The summed E-state index contributed by atoms with van der Waals surface area (Å²) in [5, 5.41) is 63.7. The number of primary amides is 2. The number of phenols is 1. The molecule has 21 N–H and O–H groups in total. The van der Waals surface area contributed by atoms with Crippen LogP contribution < -0.4 is 70.0 Å². The molecule has 17 amide bonds. The van der Waals surface area contributed by atoms with Gasteiger partial charge < -0.3 is 125 Å². The zero-order valence-electron chi connectivity index (χ0n) is 75.0. The SMILES string of the molecule is CCCC[C@H]1C(=O)N(C)[C@@H](CCCC)C(=O)N[C@@H](C)C(=O)N[C@H](C(=O)NCC(N)=O)CSCC(=O)N[C@@H](Cc2ccc(O)cc2)C(=O)N2CCNC[C@H]2C(=O)N[C@@H](CC(N)=O)C(=O)N2CCC[C@H]2C(=O)N[C@@H](Cc2c[nH]cn2)C(=O)N[C@@H](CC(C)C)C(=O)N2C[C@H](O)C[C@H]2C(=O)N[C@@H](Cc2c[nH]c3ccccc23)C(=O)N[C@@H](CO)C(=O)N[C@@H](Cc2c[nH]c3ccccc23)C(=O)N1C. The number of thioether (sulfide) groups is 1. The van der Waals surface area contributed by atoms with Crippen LogP contribution in [0.25, 0.3) is 21.8 Å². The molecule has 4 aliphatic rings. The highest BCUT2D eigenvalue weighted by Crippen LogP contribution is 2.28. The number of benzene rings is 3. The van der Waals surface area contributed by atoms with Crippen LogP contribution in [0.5, 0.6) is 5.75 Å². The van der Waals surface area contributed by atoms with Crippen molar-refractivity contribution in [3.05, 3.63) is 120 Å². The number of piperazine rings is 1. The van der Waals surface area contributed by atoms with Crippen molar-refractivity contribution in [1.82, 2.24) is 103 Å². The summed E-state index contributed by atoms with van der Waals surface area (Å²) in [6.07, 6.45) is 4.25. The average molecular weight is 1850 g/mol. The Hall–Kier alpha value is -13.0. The summed E-state index contributed by atoms with van der Waals surface area (Å²) < 4.78 is 0. The molecule has 7 heterocycles. The lowest BCUT2D eigenvalue weighted by Crippen LogP contribution is -2.65. The summed E-state index contributed by atoms with van der Waals surface area (Å²) in [6, 6.07) is -1.65. The summed E-state index contributed by atoms with van der Waals surface area (Å²) in [4.78, 5) is 269. The Bertz CT molecular complexity index is 5130. The number of unbranched alkanes of at least 4 members (excludes halogenated alkanes) is 2. The number of para-hydroxylation sites is 2. The lowest BCUT2D eigenvalue weighted by atomic mass is 10.00. The van der Waals surface area contributed by atoms with Gasteiger partial charge in [0.1, 0.15) is 90.3 Å². The molecular weight excluding hydrogens is 1730 g/mol. The van der Waals surface area contributed by atoms with E-state index in [1.165, 1.54) is 57.8 Å². The predicted octanol–water partition coefficient (Wildman–Crippen LogP) is -3.22. The number of carbonyl (C=O) groups is 17. The molecule has 4 fully saturated rings. The summed E-state index contributed by atoms with van der Waals surface area (Å²) in [5.41, 5.74) is 14.1. The van der Waals surface area contributed by atoms with Gasteiger partial charge in [-0.15, -0.1) is 11.8 Å². The number of carbonyl (C=O) groups excluding carboxylic acids is 17. The number of likely N-dealkylation sites (N-methyl/N-ethyl adjacent to an activating group) is 2. The standard InChI is InChI=1S/C89H122N22O20S/c1-8-10-21-68-81(123)98-49(5)76(118)106-67(77(119)96-42-74(91)116)45-132-46-75(117)99-63(32-50-24-26-54(113)27-25-50)86(128)110-30-28-92-41-72(110)84(126)104-65(37-73(90)115)87(129)109-29-16-23-69(109)82(124)101-61(35-53-40-93-47-97-53)79(121)102-62(31-48(3)4)88(130)111-43-55(114)36-71(111)83(125)100-60(33-51-38-94-58-19-14-12-17-56(51)58)78(120)105-66(44-112)80(122)103-64(34-52-39-95-59-20-15-13-18-57(52)59)85(127)108(7)70(22-11-9-2)89(131)107(68)6/h12-15,17-20,24-27,38-40,47-49,55,60-72,92,94-95,112-114H,8-11,16,21-23,28-37,41-46H2,1-7H3,(H2,90,115)(H2,91,116)(H,93,97)(H,96,119)(H,98,123)(H,99,117)(H,100,125)(H,101,124)(H,102,121)(H,103,122)(H,104,126)(H,105,120)(H,106,118)/t49-,55+,60-,61-,62-,63-,64-,65-,66-,67-,68-,69-,70-,71-,72-/m0/s1. The van der Waals surface area contributed by atoms with Crippen LogP contribution in [-0.4, -0.2) is 322 Å². The largest absolute Gasteiger partial charge is 0.508 e. The number of aromatic hydroxyl groups is 1. The van der Waals surface area contributed by atoms with Crippen LogP contribution in [0.1, 0.15) is 128 Å². The Morgan fingerprint density at radius 3 is 1.72 bits per heavy atom. The summed E-state index contributed by atoms with van der Waals surface area (Å²) in [6.45, 7) is 5.87. The van der Waals surface area contributed by atoms with Gasteiger partial charge in [-0.2, -0.15) is 0 Å². The highest BCUT2D eigenvalue weighted by molar-refractivity contribution is 8.00. The number of phenolic OH excluding ortho intramolecular Hbond substituents is 1. The van der Waals surface area contributed by atoms with Crippen molar-refractivity contribution in [2.45, 2.75) is 222 Å². The number of rotatable bonds is 22. The van der Waals surface area contributed by atoms with Gasteiger partial charge in [0, 0.05) is 125 Å². The minimum absolute atomic E-state index is 0.0103. The summed E-state index contributed by atoms with van der Waals surface area (Å²) in [7, 11) is 2.71. The van der Waals surface area contributed by atoms with Gasteiger partial charge in [0.25, 0.3) is 0 Å². The Balaban J connectivity index is 1.00. The minimum atomic E-state index is -1.87.